The van der Waals surface area contributed by atoms with Gasteiger partial charge in [0, 0.05) is 32.2 Å². The van der Waals surface area contributed by atoms with Crippen molar-refractivity contribution in [1.82, 2.24) is 5.32 Å². The minimum atomic E-state index is -0.544. The molecule has 0 bridgehead atoms. The number of nitrogens with zero attached hydrogens (tertiary/aromatic N) is 1. The fraction of sp³-hybridized carbons (Fsp3) is 0.533. The van der Waals surface area contributed by atoms with E-state index in [2.05, 4.69) is 5.32 Å². The van der Waals surface area contributed by atoms with Crippen LogP contribution in [0, 0.1) is 0 Å². The highest BCUT2D eigenvalue weighted by Gasteiger charge is 2.07. The number of ether oxygens (including phenoxy) is 1. The van der Waals surface area contributed by atoms with Crippen LogP contribution in [0.5, 0.6) is 5.75 Å². The summed E-state index contributed by atoms with van der Waals surface area (Å²) in [6.45, 7) is 6.31. The van der Waals surface area contributed by atoms with Gasteiger partial charge in [-0.1, -0.05) is 13.8 Å². The second-order valence-corrected chi connectivity index (χ2v) is 5.10. The van der Waals surface area contributed by atoms with Gasteiger partial charge in [-0.05, 0) is 24.3 Å². The molecule has 1 aromatic rings. The van der Waals surface area contributed by atoms with Crippen molar-refractivity contribution in [3.8, 4) is 5.75 Å². The molecule has 0 fully saturated rings. The van der Waals surface area contributed by atoms with E-state index in [1.54, 1.807) is 24.1 Å². The smallest absolute Gasteiger partial charge is 0.223 e. The van der Waals surface area contributed by atoms with Gasteiger partial charge in [-0.25, -0.2) is 0 Å². The summed E-state index contributed by atoms with van der Waals surface area (Å²) in [5.74, 6) is 0.656. The van der Waals surface area contributed by atoms with E-state index in [9.17, 15) is 9.90 Å². The Labute approximate surface area is 120 Å². The first-order chi connectivity index (χ1) is 9.40. The van der Waals surface area contributed by atoms with Crippen LogP contribution in [0.3, 0.4) is 0 Å². The van der Waals surface area contributed by atoms with Gasteiger partial charge in [-0.2, -0.15) is 0 Å². The first kappa shape index (κ1) is 16.5. The molecule has 1 aromatic carbocycles. The number of hydrogen-bond acceptors (Lipinski definition) is 4. The highest BCUT2D eigenvalue weighted by atomic mass is 16.5. The molecular formula is C15H24N2O3. The molecule has 2 N–H and O–H groups in total. The number of aliphatic hydroxyl groups is 1. The van der Waals surface area contributed by atoms with E-state index in [1.807, 2.05) is 26.0 Å². The van der Waals surface area contributed by atoms with E-state index < -0.39 is 6.10 Å². The molecular weight excluding hydrogens is 256 g/mol. The zero-order valence-electron chi connectivity index (χ0n) is 12.6. The number of hydrogen-bond donors (Lipinski definition) is 2. The van der Waals surface area contributed by atoms with Crippen LogP contribution in [0.2, 0.25) is 0 Å². The summed E-state index contributed by atoms with van der Waals surface area (Å²) in [4.78, 5) is 12.8. The zero-order chi connectivity index (χ0) is 15.1. The minimum absolute atomic E-state index is 0.0196. The van der Waals surface area contributed by atoms with E-state index in [-0.39, 0.29) is 12.5 Å². The average Bonchev–Trinajstić information content (AvgIpc) is 2.42. The van der Waals surface area contributed by atoms with Crippen LogP contribution in [0.1, 0.15) is 20.8 Å². The van der Waals surface area contributed by atoms with Crippen LogP contribution in [-0.4, -0.2) is 43.4 Å². The normalized spacial score (nSPS) is 12.3. The number of carbonyl (C=O) groups is 1. The molecule has 5 heteroatoms. The van der Waals surface area contributed by atoms with Crippen LogP contribution in [0.4, 0.5) is 5.69 Å². The Morgan fingerprint density at radius 1 is 1.35 bits per heavy atom. The SMILES string of the molecule is CC(=O)N(C)c1ccc(OC[C@@H](O)CNC(C)C)cc1. The van der Waals surface area contributed by atoms with E-state index in [4.69, 9.17) is 4.74 Å². The summed E-state index contributed by atoms with van der Waals surface area (Å²) >= 11 is 0. The molecule has 0 aliphatic rings. The molecule has 0 aliphatic heterocycles. The molecule has 0 saturated heterocycles. The van der Waals surface area contributed by atoms with E-state index in [0.717, 1.165) is 5.69 Å². The minimum Gasteiger partial charge on any atom is -0.491 e. The van der Waals surface area contributed by atoms with Crippen molar-refractivity contribution in [2.45, 2.75) is 32.9 Å². The van der Waals surface area contributed by atoms with Crippen LogP contribution < -0.4 is 15.0 Å². The number of rotatable bonds is 7. The third-order valence-corrected chi connectivity index (χ3v) is 2.90. The first-order valence-electron chi connectivity index (χ1n) is 6.78. The number of anilines is 1. The standard InChI is InChI=1S/C15H24N2O3/c1-11(2)16-9-14(19)10-20-15-7-5-13(6-8-15)17(4)12(3)18/h5-8,11,14,16,19H,9-10H2,1-4H3/t14-/m0/s1. The fourth-order valence-electron chi connectivity index (χ4n) is 1.57. The third-order valence-electron chi connectivity index (χ3n) is 2.90. The summed E-state index contributed by atoms with van der Waals surface area (Å²) in [6.07, 6.45) is -0.544. The van der Waals surface area contributed by atoms with Crippen molar-refractivity contribution in [2.24, 2.45) is 0 Å². The molecule has 0 radical (unpaired) electrons. The molecule has 0 aliphatic carbocycles. The lowest BCUT2D eigenvalue weighted by Crippen LogP contribution is -2.35. The summed E-state index contributed by atoms with van der Waals surface area (Å²) in [7, 11) is 1.72. The molecule has 1 amide bonds. The van der Waals surface area contributed by atoms with Crippen molar-refractivity contribution < 1.29 is 14.6 Å². The highest BCUT2D eigenvalue weighted by Crippen LogP contribution is 2.18. The first-order valence-corrected chi connectivity index (χ1v) is 6.78. The predicted octanol–water partition coefficient (Wildman–Crippen LogP) is 1.41. The van der Waals surface area contributed by atoms with Gasteiger partial charge < -0.3 is 20.1 Å². The molecule has 5 nitrogen and oxygen atoms in total. The quantitative estimate of drug-likeness (QED) is 0.792. The van der Waals surface area contributed by atoms with E-state index in [1.165, 1.54) is 6.92 Å². The highest BCUT2D eigenvalue weighted by molar-refractivity contribution is 5.90. The Hall–Kier alpha value is -1.59. The average molecular weight is 280 g/mol. The summed E-state index contributed by atoms with van der Waals surface area (Å²) in [5, 5.41) is 12.9. The van der Waals surface area contributed by atoms with Crippen LogP contribution >= 0.6 is 0 Å². The van der Waals surface area contributed by atoms with Gasteiger partial charge in [0.2, 0.25) is 5.91 Å². The van der Waals surface area contributed by atoms with Crippen LogP contribution in [0.15, 0.2) is 24.3 Å². The molecule has 0 aromatic heterocycles. The number of nitrogens with one attached hydrogen (secondary N) is 1. The molecule has 0 unspecified atom stereocenters. The van der Waals surface area contributed by atoms with E-state index >= 15 is 0 Å². The monoisotopic (exact) mass is 280 g/mol. The molecule has 0 spiro atoms. The van der Waals surface area contributed by atoms with Crippen LogP contribution in [0.25, 0.3) is 0 Å². The number of benzene rings is 1. The maximum atomic E-state index is 11.2. The topological polar surface area (TPSA) is 61.8 Å². The van der Waals surface area contributed by atoms with Gasteiger partial charge in [-0.3, -0.25) is 4.79 Å². The molecule has 0 saturated carbocycles. The van der Waals surface area contributed by atoms with Gasteiger partial charge in [0.1, 0.15) is 18.5 Å². The lowest BCUT2D eigenvalue weighted by Gasteiger charge is -2.17. The Balaban J connectivity index is 2.44. The van der Waals surface area contributed by atoms with E-state index in [0.29, 0.717) is 18.3 Å². The molecule has 1 rings (SSSR count). The predicted molar refractivity (Wildman–Crippen MR) is 80.2 cm³/mol. The summed E-state index contributed by atoms with van der Waals surface area (Å²) in [5.41, 5.74) is 0.812. The third kappa shape index (κ3) is 5.59. The zero-order valence-corrected chi connectivity index (χ0v) is 12.6. The maximum Gasteiger partial charge on any atom is 0.223 e. The largest absolute Gasteiger partial charge is 0.491 e. The molecule has 112 valence electrons. The second-order valence-electron chi connectivity index (χ2n) is 5.10. The number of carbonyl (C=O) groups excluding carboxylic acids is 1. The van der Waals surface area contributed by atoms with Gasteiger partial charge in [0.15, 0.2) is 0 Å². The lowest BCUT2D eigenvalue weighted by molar-refractivity contribution is -0.116. The van der Waals surface area contributed by atoms with Gasteiger partial charge in [-0.15, -0.1) is 0 Å². The number of amides is 1. The Bertz CT molecular complexity index is 418. The van der Waals surface area contributed by atoms with Crippen molar-refractivity contribution >= 4 is 11.6 Å². The Morgan fingerprint density at radius 3 is 2.45 bits per heavy atom. The fourth-order valence-corrected chi connectivity index (χ4v) is 1.57. The molecule has 1 atom stereocenters. The number of aliphatic hydroxyl groups excluding tert-OH is 1. The van der Waals surface area contributed by atoms with Crippen LogP contribution in [-0.2, 0) is 4.79 Å². The molecule has 20 heavy (non-hydrogen) atoms. The van der Waals surface area contributed by atoms with Crippen molar-refractivity contribution in [2.75, 3.05) is 25.1 Å². The Morgan fingerprint density at radius 2 is 1.95 bits per heavy atom. The second kappa shape index (κ2) is 7.87. The van der Waals surface area contributed by atoms with Gasteiger partial charge in [0.25, 0.3) is 0 Å². The van der Waals surface area contributed by atoms with Crippen molar-refractivity contribution in [3.05, 3.63) is 24.3 Å². The van der Waals surface area contributed by atoms with Crippen molar-refractivity contribution in [3.63, 3.8) is 0 Å². The Kier molecular flexibility index (Phi) is 6.48. The summed E-state index contributed by atoms with van der Waals surface area (Å²) in [6, 6.07) is 7.55. The molecule has 0 heterocycles. The summed E-state index contributed by atoms with van der Waals surface area (Å²) < 4.78 is 5.50. The van der Waals surface area contributed by atoms with Gasteiger partial charge in [0.05, 0.1) is 0 Å². The van der Waals surface area contributed by atoms with Crippen molar-refractivity contribution in [1.29, 1.82) is 0 Å². The lowest BCUT2D eigenvalue weighted by atomic mass is 10.2. The maximum absolute atomic E-state index is 11.2. The van der Waals surface area contributed by atoms with Gasteiger partial charge >= 0.3 is 0 Å².